The molecular formula is C29H24F3N3O6S. The molecule has 9 nitrogen and oxygen atoms in total. The molecule has 2 N–H and O–H groups in total. The molecule has 0 saturated heterocycles. The van der Waals surface area contributed by atoms with Crippen molar-refractivity contribution in [2.75, 3.05) is 20.7 Å². The molecule has 4 aromatic rings. The van der Waals surface area contributed by atoms with Gasteiger partial charge in [0, 0.05) is 19.2 Å². The Hall–Kier alpha value is -4.49. The third kappa shape index (κ3) is 4.73. The monoisotopic (exact) mass is 599 g/mol. The first-order chi connectivity index (χ1) is 19.8. The van der Waals surface area contributed by atoms with E-state index in [2.05, 4.69) is 0 Å². The van der Waals surface area contributed by atoms with Gasteiger partial charge in [0.1, 0.15) is 11.6 Å². The largest absolute Gasteiger partial charge is 0.467 e. The number of rotatable bonds is 5. The molecule has 1 amide bonds. The van der Waals surface area contributed by atoms with Crippen molar-refractivity contribution in [1.82, 2.24) is 8.87 Å². The van der Waals surface area contributed by atoms with E-state index in [1.54, 1.807) is 30.3 Å². The molecule has 0 spiro atoms. The highest BCUT2D eigenvalue weighted by Crippen LogP contribution is 2.41. The van der Waals surface area contributed by atoms with Crippen molar-refractivity contribution in [3.05, 3.63) is 99.3 Å². The van der Waals surface area contributed by atoms with Crippen LogP contribution in [0.25, 0.3) is 21.9 Å². The Kier molecular flexibility index (Phi) is 7.19. The fourth-order valence-corrected chi connectivity index (χ4v) is 6.95. The lowest BCUT2D eigenvalue weighted by Crippen LogP contribution is -2.50. The van der Waals surface area contributed by atoms with Crippen molar-refractivity contribution in [2.24, 2.45) is 5.73 Å². The summed E-state index contributed by atoms with van der Waals surface area (Å²) in [4.78, 5) is 39.7. The average molecular weight is 600 g/mol. The Bertz CT molecular complexity index is 1930. The Morgan fingerprint density at radius 2 is 1.71 bits per heavy atom. The zero-order chi connectivity index (χ0) is 30.6. The van der Waals surface area contributed by atoms with Crippen LogP contribution in [-0.4, -0.2) is 49.9 Å². The van der Waals surface area contributed by atoms with Crippen LogP contribution in [0.4, 0.5) is 13.2 Å². The van der Waals surface area contributed by atoms with E-state index in [0.717, 1.165) is 35.0 Å². The van der Waals surface area contributed by atoms with Crippen LogP contribution >= 0.6 is 0 Å². The zero-order valence-corrected chi connectivity index (χ0v) is 23.1. The topological polar surface area (TPSA) is 129 Å². The third-order valence-corrected chi connectivity index (χ3v) is 9.17. The number of amides is 1. The van der Waals surface area contributed by atoms with Crippen LogP contribution in [0.1, 0.15) is 33.1 Å². The molecule has 3 aromatic carbocycles. The number of benzene rings is 3. The minimum absolute atomic E-state index is 0.183. The minimum atomic E-state index is -4.80. The van der Waals surface area contributed by atoms with Gasteiger partial charge in [-0.2, -0.15) is 17.5 Å². The first kappa shape index (κ1) is 29.0. The van der Waals surface area contributed by atoms with Crippen LogP contribution in [0.2, 0.25) is 0 Å². The van der Waals surface area contributed by atoms with Gasteiger partial charge < -0.3 is 10.5 Å². The summed E-state index contributed by atoms with van der Waals surface area (Å²) in [7, 11) is -2.39. The molecule has 2 heterocycles. The number of hydrogen-bond acceptors (Lipinski definition) is 6. The Balaban J connectivity index is 1.99. The molecule has 1 aliphatic rings. The van der Waals surface area contributed by atoms with E-state index in [0.29, 0.717) is 15.5 Å². The van der Waals surface area contributed by atoms with Crippen molar-refractivity contribution in [1.29, 1.82) is 0 Å². The molecule has 13 heteroatoms. The molecular weight excluding hydrogens is 575 g/mol. The number of methoxy groups -OCH3 is 1. The van der Waals surface area contributed by atoms with Gasteiger partial charge in [0.25, 0.3) is 21.5 Å². The Morgan fingerprint density at radius 1 is 1.05 bits per heavy atom. The first-order valence-corrected chi connectivity index (χ1v) is 14.0. The number of nitrogens with two attached hydrogens (primary N) is 1. The van der Waals surface area contributed by atoms with Gasteiger partial charge in [-0.15, -0.1) is 0 Å². The van der Waals surface area contributed by atoms with Crippen LogP contribution in [0.3, 0.4) is 0 Å². The smallest absolute Gasteiger partial charge is 0.416 e. The summed E-state index contributed by atoms with van der Waals surface area (Å²) in [6, 6.07) is 14.7. The summed E-state index contributed by atoms with van der Waals surface area (Å²) in [5.74, 6) is -2.23. The number of ether oxygens (including phenoxy) is 1. The molecule has 0 saturated carbocycles. The van der Waals surface area contributed by atoms with E-state index in [1.165, 1.54) is 13.1 Å². The maximum Gasteiger partial charge on any atom is 0.416 e. The second-order valence-electron chi connectivity index (χ2n) is 9.79. The number of carbonyl (C=O) groups excluding carboxylic acids is 2. The SMILES string of the molecule is COC(=O)C1CN(C)S(=O)(=O)c2c(-c3cccc(C(F)(F)F)c3)c(Cc3cccc4ccccc34)c(C(N)=O)c(=O)n21. The number of aromatic nitrogens is 1. The number of esters is 1. The van der Waals surface area contributed by atoms with E-state index < -0.39 is 62.4 Å². The number of halogens is 3. The predicted octanol–water partition coefficient (Wildman–Crippen LogP) is 3.73. The summed E-state index contributed by atoms with van der Waals surface area (Å²) in [5.41, 5.74) is 2.58. The number of nitrogens with zero attached hydrogens (tertiary/aromatic N) is 2. The van der Waals surface area contributed by atoms with Crippen molar-refractivity contribution < 1.29 is 35.9 Å². The van der Waals surface area contributed by atoms with E-state index >= 15 is 0 Å². The lowest BCUT2D eigenvalue weighted by Gasteiger charge is -2.34. The van der Waals surface area contributed by atoms with Crippen LogP contribution in [0, 0.1) is 0 Å². The number of primary amides is 1. The maximum atomic E-state index is 14.0. The fraction of sp³-hybridized carbons (Fsp3) is 0.207. The van der Waals surface area contributed by atoms with E-state index in [4.69, 9.17) is 10.5 Å². The molecule has 0 fully saturated rings. The summed E-state index contributed by atoms with van der Waals surface area (Å²) < 4.78 is 75.4. The second-order valence-corrected chi connectivity index (χ2v) is 11.8. The van der Waals surface area contributed by atoms with Crippen LogP contribution in [0.15, 0.2) is 76.6 Å². The summed E-state index contributed by atoms with van der Waals surface area (Å²) in [6.07, 6.45) is -5.04. The quantitative estimate of drug-likeness (QED) is 0.348. The Morgan fingerprint density at radius 3 is 2.38 bits per heavy atom. The van der Waals surface area contributed by atoms with E-state index in [-0.39, 0.29) is 23.1 Å². The van der Waals surface area contributed by atoms with Gasteiger partial charge in [0.2, 0.25) is 0 Å². The standard InChI is InChI=1S/C29H24F3N3O6S/c1-34-15-22(28(38)41-2)35-26(37)24(25(33)36)21(14-17-9-5-8-16-7-3-4-12-20(16)17)23(27(35)42(34,39)40)18-10-6-11-19(13-18)29(30,31)32/h3-13,22H,14-15H2,1-2H3,(H2,33,36). The van der Waals surface area contributed by atoms with E-state index in [1.807, 2.05) is 12.1 Å². The van der Waals surface area contributed by atoms with Crippen LogP contribution < -0.4 is 11.3 Å². The molecule has 1 atom stereocenters. The van der Waals surface area contributed by atoms with Crippen LogP contribution in [-0.2, 0) is 32.2 Å². The number of pyridine rings is 1. The van der Waals surface area contributed by atoms with Gasteiger partial charge in [-0.1, -0.05) is 54.6 Å². The van der Waals surface area contributed by atoms with Crippen molar-refractivity contribution >= 4 is 32.7 Å². The van der Waals surface area contributed by atoms with Gasteiger partial charge in [0.15, 0.2) is 5.03 Å². The molecule has 0 bridgehead atoms. The lowest BCUT2D eigenvalue weighted by molar-refractivity contribution is -0.145. The maximum absolute atomic E-state index is 14.0. The summed E-state index contributed by atoms with van der Waals surface area (Å²) >= 11 is 0. The zero-order valence-electron chi connectivity index (χ0n) is 22.3. The van der Waals surface area contributed by atoms with E-state index in [9.17, 15) is 36.0 Å². The first-order valence-electron chi connectivity index (χ1n) is 12.6. The van der Waals surface area contributed by atoms with Gasteiger partial charge in [-0.25, -0.2) is 13.2 Å². The molecule has 1 aromatic heterocycles. The average Bonchev–Trinajstić information content (AvgIpc) is 2.94. The summed E-state index contributed by atoms with van der Waals surface area (Å²) in [5, 5.41) is 0.760. The highest BCUT2D eigenvalue weighted by atomic mass is 32.2. The van der Waals surface area contributed by atoms with Gasteiger partial charge in [-0.05, 0) is 46.0 Å². The fourth-order valence-electron chi connectivity index (χ4n) is 5.36. The number of fused-ring (bicyclic) bond motifs is 2. The highest BCUT2D eigenvalue weighted by Gasteiger charge is 2.44. The van der Waals surface area contributed by atoms with Crippen molar-refractivity contribution in [3.63, 3.8) is 0 Å². The van der Waals surface area contributed by atoms with Crippen LogP contribution in [0.5, 0.6) is 0 Å². The van der Waals surface area contributed by atoms with Crippen molar-refractivity contribution in [2.45, 2.75) is 23.7 Å². The second kappa shape index (κ2) is 10.4. The summed E-state index contributed by atoms with van der Waals surface area (Å²) in [6.45, 7) is -0.523. The molecule has 1 unspecified atom stereocenters. The molecule has 0 radical (unpaired) electrons. The molecule has 42 heavy (non-hydrogen) atoms. The number of alkyl halides is 3. The molecule has 0 aliphatic carbocycles. The molecule has 5 rings (SSSR count). The predicted molar refractivity (Wildman–Crippen MR) is 147 cm³/mol. The number of carbonyl (C=O) groups is 2. The minimum Gasteiger partial charge on any atom is -0.467 e. The third-order valence-electron chi connectivity index (χ3n) is 7.31. The number of likely N-dealkylation sites (N-methyl/N-ethyl adjacent to an activating group) is 1. The molecule has 1 aliphatic heterocycles. The van der Waals surface area contributed by atoms with Gasteiger partial charge in [0.05, 0.1) is 12.7 Å². The Labute approximate surface area is 238 Å². The number of hydrogen-bond donors (Lipinski definition) is 1. The normalized spacial score (nSPS) is 16.6. The van der Waals surface area contributed by atoms with Gasteiger partial charge in [-0.3, -0.25) is 14.2 Å². The highest BCUT2D eigenvalue weighted by molar-refractivity contribution is 7.89. The van der Waals surface area contributed by atoms with Gasteiger partial charge >= 0.3 is 12.1 Å². The molecule has 218 valence electrons. The van der Waals surface area contributed by atoms with Crippen molar-refractivity contribution in [3.8, 4) is 11.1 Å². The lowest BCUT2D eigenvalue weighted by atomic mass is 9.89. The number of sulfonamides is 1.